The van der Waals surface area contributed by atoms with Crippen LogP contribution >= 0.6 is 0 Å². The lowest BCUT2D eigenvalue weighted by atomic mass is 10.1. The maximum atomic E-state index is 12.5. The molecule has 3 aromatic rings. The molecule has 1 amide bonds. The largest absolute Gasteiger partial charge is 0.543 e. The van der Waals surface area contributed by atoms with Gasteiger partial charge in [0.1, 0.15) is 12.2 Å². The van der Waals surface area contributed by atoms with Crippen LogP contribution in [0.25, 0.3) is 10.8 Å². The van der Waals surface area contributed by atoms with Crippen LogP contribution in [-0.2, 0) is 11.3 Å². The van der Waals surface area contributed by atoms with Gasteiger partial charge in [0.2, 0.25) is 5.91 Å². The minimum atomic E-state index is -1.51. The molecular formula is C18H14N3O4-. The van der Waals surface area contributed by atoms with Crippen LogP contribution in [0.15, 0.2) is 59.4 Å². The van der Waals surface area contributed by atoms with Gasteiger partial charge in [-0.25, -0.2) is 4.68 Å². The summed E-state index contributed by atoms with van der Waals surface area (Å²) >= 11 is 0. The average Bonchev–Trinajstić information content (AvgIpc) is 2.63. The van der Waals surface area contributed by atoms with Crippen LogP contribution in [0.3, 0.4) is 0 Å². The van der Waals surface area contributed by atoms with Gasteiger partial charge in [-0.3, -0.25) is 9.59 Å². The molecule has 0 unspecified atom stereocenters. The molecular weight excluding hydrogens is 322 g/mol. The average molecular weight is 336 g/mol. The Bertz CT molecular complexity index is 1010. The van der Waals surface area contributed by atoms with Gasteiger partial charge >= 0.3 is 0 Å². The van der Waals surface area contributed by atoms with Crippen molar-refractivity contribution in [2.45, 2.75) is 6.54 Å². The van der Waals surface area contributed by atoms with E-state index >= 15 is 0 Å². The van der Waals surface area contributed by atoms with E-state index in [9.17, 15) is 19.5 Å². The topological polar surface area (TPSA) is 95.3 Å². The lowest BCUT2D eigenvalue weighted by Crippen LogP contribution is -2.37. The summed E-state index contributed by atoms with van der Waals surface area (Å²) in [6, 6.07) is 15.1. The molecule has 0 aliphatic carbocycles. The Kier molecular flexibility index (Phi) is 4.30. The molecule has 1 heterocycles. The van der Waals surface area contributed by atoms with E-state index in [1.165, 1.54) is 17.0 Å². The number of likely N-dealkylation sites (N-methyl/N-ethyl adjacent to an activating group) is 1. The number of hydrogen-bond donors (Lipinski definition) is 0. The summed E-state index contributed by atoms with van der Waals surface area (Å²) in [5.41, 5.74) is -0.248. The Hall–Kier alpha value is -3.48. The van der Waals surface area contributed by atoms with Crippen molar-refractivity contribution >= 4 is 28.3 Å². The number of nitrogens with zero attached hydrogens (tertiary/aromatic N) is 3. The zero-order valence-corrected chi connectivity index (χ0v) is 13.4. The van der Waals surface area contributed by atoms with E-state index in [2.05, 4.69) is 5.10 Å². The van der Waals surface area contributed by atoms with Crippen LogP contribution in [0.4, 0.5) is 5.69 Å². The highest BCUT2D eigenvalue weighted by molar-refractivity contribution is 6.00. The fraction of sp³-hybridized carbons (Fsp3) is 0.111. The SMILES string of the molecule is CN(C(=O)Cn1nc(C(=O)[O-])c2ccccc2c1=O)c1ccccc1. The molecule has 0 aliphatic rings. The van der Waals surface area contributed by atoms with Gasteiger partial charge < -0.3 is 14.8 Å². The summed E-state index contributed by atoms with van der Waals surface area (Å²) in [6.45, 7) is -0.380. The molecule has 0 aliphatic heterocycles. The number of amides is 1. The third-order valence-electron chi connectivity index (χ3n) is 3.86. The number of aromatic nitrogens is 2. The molecule has 0 N–H and O–H groups in total. The van der Waals surface area contributed by atoms with Crippen LogP contribution < -0.4 is 15.6 Å². The molecule has 25 heavy (non-hydrogen) atoms. The van der Waals surface area contributed by atoms with Crippen molar-refractivity contribution in [1.82, 2.24) is 9.78 Å². The fourth-order valence-electron chi connectivity index (χ4n) is 2.52. The van der Waals surface area contributed by atoms with Crippen molar-refractivity contribution in [1.29, 1.82) is 0 Å². The Labute approximate surface area is 142 Å². The standard InChI is InChI=1S/C18H15N3O4/c1-20(12-7-3-2-4-8-12)15(22)11-21-17(23)14-10-6-5-9-13(14)16(19-21)18(24)25/h2-10H,11H2,1H3,(H,24,25)/p-1. The van der Waals surface area contributed by atoms with Gasteiger partial charge in [-0.15, -0.1) is 0 Å². The van der Waals surface area contributed by atoms with Crippen LogP contribution in [0.1, 0.15) is 10.5 Å². The first-order valence-electron chi connectivity index (χ1n) is 7.52. The molecule has 2 aromatic carbocycles. The Morgan fingerprint density at radius 2 is 1.64 bits per heavy atom. The Morgan fingerprint density at radius 3 is 2.28 bits per heavy atom. The summed E-state index contributed by atoms with van der Waals surface area (Å²) in [5, 5.41) is 15.5. The van der Waals surface area contributed by atoms with Crippen LogP contribution in [0, 0.1) is 0 Å². The molecule has 0 fully saturated rings. The highest BCUT2D eigenvalue weighted by atomic mass is 16.4. The summed E-state index contributed by atoms with van der Waals surface area (Å²) in [4.78, 5) is 37.7. The third kappa shape index (κ3) is 3.12. The number of benzene rings is 2. The molecule has 0 saturated carbocycles. The number of carboxylic acid groups (broad SMARTS) is 1. The maximum absolute atomic E-state index is 12.5. The first kappa shape index (κ1) is 16.4. The molecule has 0 saturated heterocycles. The van der Waals surface area contributed by atoms with E-state index in [-0.39, 0.29) is 23.0 Å². The maximum Gasteiger partial charge on any atom is 0.275 e. The first-order chi connectivity index (χ1) is 12.0. The lowest BCUT2D eigenvalue weighted by molar-refractivity contribution is -0.255. The highest BCUT2D eigenvalue weighted by Crippen LogP contribution is 2.14. The number of hydrogen-bond acceptors (Lipinski definition) is 5. The van der Waals surface area contributed by atoms with Crippen molar-refractivity contribution in [3.05, 3.63) is 70.6 Å². The van der Waals surface area contributed by atoms with E-state index in [1.807, 2.05) is 6.07 Å². The van der Waals surface area contributed by atoms with Gasteiger partial charge in [-0.05, 0) is 18.2 Å². The summed E-state index contributed by atoms with van der Waals surface area (Å²) in [6.07, 6.45) is 0. The summed E-state index contributed by atoms with van der Waals surface area (Å²) in [7, 11) is 1.57. The molecule has 1 aromatic heterocycles. The molecule has 0 radical (unpaired) electrons. The molecule has 126 valence electrons. The second kappa shape index (κ2) is 6.56. The summed E-state index contributed by atoms with van der Waals surface area (Å²) in [5.74, 6) is -1.91. The second-order valence-corrected chi connectivity index (χ2v) is 5.43. The Morgan fingerprint density at radius 1 is 1.04 bits per heavy atom. The molecule has 7 nitrogen and oxygen atoms in total. The van der Waals surface area contributed by atoms with Crippen LogP contribution in [-0.4, -0.2) is 28.7 Å². The second-order valence-electron chi connectivity index (χ2n) is 5.43. The van der Waals surface area contributed by atoms with Gasteiger partial charge in [0.15, 0.2) is 0 Å². The molecule has 7 heteroatoms. The predicted octanol–water partition coefficient (Wildman–Crippen LogP) is 0.423. The zero-order valence-electron chi connectivity index (χ0n) is 13.4. The molecule has 0 atom stereocenters. The van der Waals surface area contributed by atoms with Crippen molar-refractivity contribution < 1.29 is 14.7 Å². The minimum absolute atomic E-state index is 0.173. The van der Waals surface area contributed by atoms with Crippen LogP contribution in [0.2, 0.25) is 0 Å². The van der Waals surface area contributed by atoms with Gasteiger partial charge in [-0.1, -0.05) is 36.4 Å². The quantitative estimate of drug-likeness (QED) is 0.688. The summed E-state index contributed by atoms with van der Waals surface area (Å²) < 4.78 is 0.856. The smallest absolute Gasteiger partial charge is 0.275 e. The van der Waals surface area contributed by atoms with Gasteiger partial charge in [0.05, 0.1) is 11.4 Å². The van der Waals surface area contributed by atoms with Gasteiger partial charge in [0, 0.05) is 18.1 Å². The van der Waals surface area contributed by atoms with Gasteiger partial charge in [0.25, 0.3) is 5.56 Å². The monoisotopic (exact) mass is 336 g/mol. The molecule has 0 spiro atoms. The molecule has 0 bridgehead atoms. The minimum Gasteiger partial charge on any atom is -0.543 e. The number of carboxylic acids is 1. The van der Waals surface area contributed by atoms with E-state index in [4.69, 9.17) is 0 Å². The highest BCUT2D eigenvalue weighted by Gasteiger charge is 2.16. The van der Waals surface area contributed by atoms with Crippen molar-refractivity contribution in [2.24, 2.45) is 0 Å². The third-order valence-corrected chi connectivity index (χ3v) is 3.86. The predicted molar refractivity (Wildman–Crippen MR) is 90.2 cm³/mol. The van der Waals surface area contributed by atoms with Crippen molar-refractivity contribution in [3.8, 4) is 0 Å². The number of rotatable bonds is 4. The number of aromatic carboxylic acids is 1. The first-order valence-corrected chi connectivity index (χ1v) is 7.52. The number of carbonyl (C=O) groups is 2. The normalized spacial score (nSPS) is 10.6. The zero-order chi connectivity index (χ0) is 18.0. The number of fused-ring (bicyclic) bond motifs is 1. The number of carbonyl (C=O) groups excluding carboxylic acids is 2. The van der Waals surface area contributed by atoms with Gasteiger partial charge in [-0.2, -0.15) is 5.10 Å². The van der Waals surface area contributed by atoms with Crippen LogP contribution in [0.5, 0.6) is 0 Å². The fourth-order valence-corrected chi connectivity index (χ4v) is 2.52. The Balaban J connectivity index is 2.02. The van der Waals surface area contributed by atoms with E-state index < -0.39 is 17.4 Å². The van der Waals surface area contributed by atoms with E-state index in [0.717, 1.165) is 4.68 Å². The molecule has 3 rings (SSSR count). The van der Waals surface area contributed by atoms with Crippen molar-refractivity contribution in [2.75, 3.05) is 11.9 Å². The van der Waals surface area contributed by atoms with Crippen molar-refractivity contribution in [3.63, 3.8) is 0 Å². The number of para-hydroxylation sites is 1. The lowest BCUT2D eigenvalue weighted by Gasteiger charge is -2.18. The number of anilines is 1. The van der Waals surface area contributed by atoms with E-state index in [1.54, 1.807) is 43.4 Å². The van der Waals surface area contributed by atoms with E-state index in [0.29, 0.717) is 5.69 Å².